The molecular weight excluding hydrogens is 333 g/mol. The molecule has 0 saturated heterocycles. The minimum absolute atomic E-state index is 0.176. The second-order valence-corrected chi connectivity index (χ2v) is 6.51. The number of aliphatic hydroxyl groups excluding tert-OH is 1. The van der Waals surface area contributed by atoms with Crippen LogP contribution in [0, 0.1) is 0 Å². The van der Waals surface area contributed by atoms with Gasteiger partial charge < -0.3 is 15.2 Å². The van der Waals surface area contributed by atoms with E-state index in [9.17, 15) is 5.11 Å². The summed E-state index contributed by atoms with van der Waals surface area (Å²) in [5.74, 6) is 1.09. The maximum atomic E-state index is 9.99. The van der Waals surface area contributed by atoms with Crippen LogP contribution in [0.5, 0.6) is 5.75 Å². The first-order valence-corrected chi connectivity index (χ1v) is 8.31. The molecule has 0 aromatic heterocycles. The zero-order valence-corrected chi connectivity index (χ0v) is 14.7. The maximum Gasteiger partial charge on any atom is 0.121 e. The van der Waals surface area contributed by atoms with Gasteiger partial charge in [0.1, 0.15) is 18.5 Å². The van der Waals surface area contributed by atoms with Crippen LogP contribution in [0.2, 0.25) is 10.0 Å². The summed E-state index contributed by atoms with van der Waals surface area (Å²) < 4.78 is 5.51. The third-order valence-corrected chi connectivity index (χ3v) is 4.19. The number of ether oxygens (including phenoxy) is 1. The first kappa shape index (κ1) is 17.9. The molecule has 0 aliphatic rings. The minimum atomic E-state index is -0.630. The van der Waals surface area contributed by atoms with E-state index in [-0.39, 0.29) is 6.61 Å². The highest BCUT2D eigenvalue weighted by atomic mass is 35.5. The van der Waals surface area contributed by atoms with E-state index < -0.39 is 6.10 Å². The number of nitrogens with one attached hydrogen (secondary N) is 1. The molecule has 1 atom stereocenters. The molecule has 0 fully saturated rings. The van der Waals surface area contributed by atoms with E-state index in [1.165, 1.54) is 5.56 Å². The Labute approximate surface area is 147 Å². The Morgan fingerprint density at radius 1 is 1.04 bits per heavy atom. The number of benzene rings is 2. The van der Waals surface area contributed by atoms with Crippen molar-refractivity contribution in [2.24, 2.45) is 0 Å². The van der Waals surface area contributed by atoms with Gasteiger partial charge in [-0.2, -0.15) is 0 Å². The fraction of sp³-hybridized carbons (Fsp3) is 0.333. The molecule has 0 aliphatic heterocycles. The van der Waals surface area contributed by atoms with Crippen molar-refractivity contribution in [1.29, 1.82) is 0 Å². The van der Waals surface area contributed by atoms with Crippen LogP contribution in [-0.2, 0) is 0 Å². The largest absolute Gasteiger partial charge is 0.491 e. The normalized spacial score (nSPS) is 12.3. The predicted molar refractivity (Wildman–Crippen MR) is 97.0 cm³/mol. The Hall–Kier alpha value is -1.42. The molecule has 0 amide bonds. The van der Waals surface area contributed by atoms with Crippen molar-refractivity contribution in [3.63, 3.8) is 0 Å². The molecule has 0 spiro atoms. The lowest BCUT2D eigenvalue weighted by molar-refractivity contribution is 0.117. The van der Waals surface area contributed by atoms with E-state index >= 15 is 0 Å². The fourth-order valence-corrected chi connectivity index (χ4v) is 2.33. The van der Waals surface area contributed by atoms with Crippen LogP contribution >= 0.6 is 23.2 Å². The second-order valence-electron chi connectivity index (χ2n) is 5.70. The Balaban J connectivity index is 1.78. The molecule has 124 valence electrons. The van der Waals surface area contributed by atoms with E-state index in [4.69, 9.17) is 27.9 Å². The van der Waals surface area contributed by atoms with Crippen LogP contribution in [0.3, 0.4) is 0 Å². The quantitative estimate of drug-likeness (QED) is 0.738. The van der Waals surface area contributed by atoms with Gasteiger partial charge in [-0.15, -0.1) is 0 Å². The summed E-state index contributed by atoms with van der Waals surface area (Å²) in [6, 6.07) is 13.2. The molecular formula is C18H21Cl2NO2. The predicted octanol–water partition coefficient (Wildman–Crippen LogP) is 4.97. The summed E-state index contributed by atoms with van der Waals surface area (Å²) in [6.07, 6.45) is -0.630. The van der Waals surface area contributed by atoms with Crippen LogP contribution < -0.4 is 10.1 Å². The average molecular weight is 354 g/mol. The maximum absolute atomic E-state index is 9.99. The van der Waals surface area contributed by atoms with Crippen LogP contribution in [0.1, 0.15) is 25.3 Å². The van der Waals surface area contributed by atoms with Crippen LogP contribution in [0.4, 0.5) is 5.69 Å². The van der Waals surface area contributed by atoms with Crippen molar-refractivity contribution in [2.75, 3.05) is 18.5 Å². The monoisotopic (exact) mass is 353 g/mol. The summed E-state index contributed by atoms with van der Waals surface area (Å²) in [5.41, 5.74) is 2.27. The van der Waals surface area contributed by atoms with Crippen molar-refractivity contribution < 1.29 is 9.84 Å². The second kappa shape index (κ2) is 8.44. The Bertz CT molecular complexity index is 629. The van der Waals surface area contributed by atoms with Gasteiger partial charge in [-0.3, -0.25) is 0 Å². The fourth-order valence-electron chi connectivity index (χ4n) is 2.04. The van der Waals surface area contributed by atoms with Crippen molar-refractivity contribution in [2.45, 2.75) is 25.9 Å². The lowest BCUT2D eigenvalue weighted by Gasteiger charge is -2.15. The third kappa shape index (κ3) is 5.61. The molecule has 2 aromatic carbocycles. The van der Waals surface area contributed by atoms with Gasteiger partial charge in [0.05, 0.1) is 10.0 Å². The van der Waals surface area contributed by atoms with E-state index in [0.717, 1.165) is 5.69 Å². The van der Waals surface area contributed by atoms with Gasteiger partial charge in [-0.05, 0) is 35.7 Å². The molecule has 2 N–H and O–H groups in total. The minimum Gasteiger partial charge on any atom is -0.491 e. The summed E-state index contributed by atoms with van der Waals surface area (Å²) in [6.45, 7) is 4.90. The highest BCUT2D eigenvalue weighted by molar-refractivity contribution is 6.42. The molecule has 0 saturated carbocycles. The number of halogens is 2. The lowest BCUT2D eigenvalue weighted by atomic mass is 10.0. The summed E-state index contributed by atoms with van der Waals surface area (Å²) in [4.78, 5) is 0. The van der Waals surface area contributed by atoms with Crippen molar-refractivity contribution in [3.05, 3.63) is 58.1 Å². The molecule has 3 nitrogen and oxygen atoms in total. The van der Waals surface area contributed by atoms with Gasteiger partial charge in [-0.1, -0.05) is 49.2 Å². The van der Waals surface area contributed by atoms with Crippen LogP contribution in [0.15, 0.2) is 42.5 Å². The molecule has 5 heteroatoms. The molecule has 0 bridgehead atoms. The molecule has 0 unspecified atom stereocenters. The SMILES string of the molecule is CC(C)c1ccc(NC[C@H](O)COc2ccc(Cl)c(Cl)c2)cc1. The van der Waals surface area contributed by atoms with E-state index in [1.807, 2.05) is 12.1 Å². The number of aliphatic hydroxyl groups is 1. The first-order valence-electron chi connectivity index (χ1n) is 7.55. The van der Waals surface area contributed by atoms with Crippen LogP contribution in [0.25, 0.3) is 0 Å². The number of anilines is 1. The first-order chi connectivity index (χ1) is 11.0. The zero-order chi connectivity index (χ0) is 16.8. The van der Waals surface area contributed by atoms with Gasteiger partial charge in [0.15, 0.2) is 0 Å². The van der Waals surface area contributed by atoms with Gasteiger partial charge in [-0.25, -0.2) is 0 Å². The van der Waals surface area contributed by atoms with Gasteiger partial charge >= 0.3 is 0 Å². The highest BCUT2D eigenvalue weighted by Gasteiger charge is 2.07. The Morgan fingerprint density at radius 2 is 1.74 bits per heavy atom. The van der Waals surface area contributed by atoms with Gasteiger partial charge in [0.25, 0.3) is 0 Å². The molecule has 0 radical (unpaired) electrons. The number of hydrogen-bond acceptors (Lipinski definition) is 3. The summed E-state index contributed by atoms with van der Waals surface area (Å²) in [5, 5.41) is 14.1. The van der Waals surface area contributed by atoms with Crippen LogP contribution in [-0.4, -0.2) is 24.4 Å². The van der Waals surface area contributed by atoms with Crippen molar-refractivity contribution >= 4 is 28.9 Å². The van der Waals surface area contributed by atoms with E-state index in [1.54, 1.807) is 18.2 Å². The third-order valence-electron chi connectivity index (χ3n) is 3.45. The van der Waals surface area contributed by atoms with E-state index in [2.05, 4.69) is 31.3 Å². The van der Waals surface area contributed by atoms with Gasteiger partial charge in [0.2, 0.25) is 0 Å². The Kier molecular flexibility index (Phi) is 6.58. The standard InChI is InChI=1S/C18H21Cl2NO2/c1-12(2)13-3-5-14(6-4-13)21-10-15(22)11-23-16-7-8-17(19)18(20)9-16/h3-9,12,15,21-22H,10-11H2,1-2H3/t15-/m0/s1. The molecule has 2 aromatic rings. The smallest absolute Gasteiger partial charge is 0.121 e. The average Bonchev–Trinajstić information content (AvgIpc) is 2.54. The molecule has 0 heterocycles. The summed E-state index contributed by atoms with van der Waals surface area (Å²) >= 11 is 11.8. The van der Waals surface area contributed by atoms with E-state index in [0.29, 0.717) is 28.3 Å². The molecule has 0 aliphatic carbocycles. The highest BCUT2D eigenvalue weighted by Crippen LogP contribution is 2.26. The molecule has 23 heavy (non-hydrogen) atoms. The topological polar surface area (TPSA) is 41.5 Å². The van der Waals surface area contributed by atoms with Crippen molar-refractivity contribution in [1.82, 2.24) is 0 Å². The summed E-state index contributed by atoms with van der Waals surface area (Å²) in [7, 11) is 0. The van der Waals surface area contributed by atoms with Crippen molar-refractivity contribution in [3.8, 4) is 5.75 Å². The van der Waals surface area contributed by atoms with Gasteiger partial charge in [0, 0.05) is 18.3 Å². The Morgan fingerprint density at radius 3 is 2.35 bits per heavy atom. The number of hydrogen-bond donors (Lipinski definition) is 2. The molecule has 2 rings (SSSR count). The zero-order valence-electron chi connectivity index (χ0n) is 13.2. The number of rotatable bonds is 7. The lowest BCUT2D eigenvalue weighted by Crippen LogP contribution is -2.26.